The van der Waals surface area contributed by atoms with E-state index in [0.717, 1.165) is 0 Å². The van der Waals surface area contributed by atoms with Crippen LogP contribution in [0.25, 0.3) is 0 Å². The van der Waals surface area contributed by atoms with E-state index in [1.54, 1.807) is 33.8 Å². The van der Waals surface area contributed by atoms with Crippen LogP contribution in [0.15, 0.2) is 18.2 Å². The predicted molar refractivity (Wildman–Crippen MR) is 127 cm³/mol. The van der Waals surface area contributed by atoms with Gasteiger partial charge in [0.1, 0.15) is 18.8 Å². The van der Waals surface area contributed by atoms with Crippen molar-refractivity contribution >= 4 is 24.1 Å². The fourth-order valence-electron chi connectivity index (χ4n) is 2.60. The predicted octanol–water partition coefficient (Wildman–Crippen LogP) is 3.56. The zero-order valence-electron chi connectivity index (χ0n) is 21.3. The molecule has 0 heterocycles. The summed E-state index contributed by atoms with van der Waals surface area (Å²) in [5.74, 6) is -2.11. The van der Waals surface area contributed by atoms with Gasteiger partial charge in [-0.05, 0) is 50.8 Å². The normalized spacial score (nSPS) is 14.1. The maximum absolute atomic E-state index is 12.4. The lowest BCUT2D eigenvalue weighted by Crippen LogP contribution is -2.37. The Kier molecular flexibility index (Phi) is 12.8. The molecule has 1 aromatic rings. The van der Waals surface area contributed by atoms with Crippen molar-refractivity contribution in [2.45, 2.75) is 73.0 Å². The molecule has 1 rings (SSSR count). The fourth-order valence-corrected chi connectivity index (χ4v) is 2.60. The highest BCUT2D eigenvalue weighted by Crippen LogP contribution is 2.31. The average molecular weight is 496 g/mol. The van der Waals surface area contributed by atoms with Crippen molar-refractivity contribution in [2.24, 2.45) is 17.6 Å². The van der Waals surface area contributed by atoms with E-state index in [1.165, 1.54) is 12.1 Å². The molecule has 0 aromatic heterocycles. The zero-order chi connectivity index (χ0) is 26.5. The van der Waals surface area contributed by atoms with Gasteiger partial charge in [-0.2, -0.15) is 0 Å². The molecule has 0 spiro atoms. The van der Waals surface area contributed by atoms with Gasteiger partial charge in [0.2, 0.25) is 0 Å². The van der Waals surface area contributed by atoms with Crippen LogP contribution in [0.5, 0.6) is 11.5 Å². The molecule has 196 valence electrons. The van der Waals surface area contributed by atoms with Gasteiger partial charge in [-0.25, -0.2) is 4.79 Å². The summed E-state index contributed by atoms with van der Waals surface area (Å²) in [4.78, 5) is 48.3. The Balaban J connectivity index is 2.92. The van der Waals surface area contributed by atoms with Crippen molar-refractivity contribution in [3.8, 4) is 11.5 Å². The molecule has 0 aliphatic rings. The van der Waals surface area contributed by atoms with Gasteiger partial charge in [0, 0.05) is 0 Å². The lowest BCUT2D eigenvalue weighted by atomic mass is 10.1. The Morgan fingerprint density at radius 2 is 1.40 bits per heavy atom. The van der Waals surface area contributed by atoms with Crippen molar-refractivity contribution in [3.05, 3.63) is 23.8 Å². The smallest absolute Gasteiger partial charge is 0.458 e. The first-order valence-electron chi connectivity index (χ1n) is 11.8. The monoisotopic (exact) mass is 495 g/mol. The van der Waals surface area contributed by atoms with E-state index in [9.17, 15) is 19.2 Å². The summed E-state index contributed by atoms with van der Waals surface area (Å²) in [5.41, 5.74) is 6.57. The van der Waals surface area contributed by atoms with Crippen molar-refractivity contribution in [3.63, 3.8) is 0 Å². The molecule has 35 heavy (non-hydrogen) atoms. The van der Waals surface area contributed by atoms with Crippen LogP contribution in [0, 0.1) is 11.8 Å². The molecule has 0 saturated carbocycles. The maximum Gasteiger partial charge on any atom is 0.508 e. The van der Waals surface area contributed by atoms with Crippen LogP contribution in [0.4, 0.5) is 4.79 Å². The number of ether oxygens (including phenoxy) is 5. The molecule has 10 heteroatoms. The number of hydrogen-bond donors (Lipinski definition) is 1. The summed E-state index contributed by atoms with van der Waals surface area (Å²) in [6.07, 6.45) is -0.341. The van der Waals surface area contributed by atoms with Crippen molar-refractivity contribution < 1.29 is 42.9 Å². The Hall–Kier alpha value is -3.14. The molecular formula is C25H37NO9. The summed E-state index contributed by atoms with van der Waals surface area (Å²) in [5, 5.41) is 0. The first kappa shape index (κ1) is 29.9. The molecule has 10 nitrogen and oxygen atoms in total. The third kappa shape index (κ3) is 10.3. The summed E-state index contributed by atoms with van der Waals surface area (Å²) < 4.78 is 25.6. The van der Waals surface area contributed by atoms with Crippen LogP contribution in [0.1, 0.15) is 59.9 Å². The second-order valence-electron chi connectivity index (χ2n) is 8.29. The van der Waals surface area contributed by atoms with Crippen molar-refractivity contribution in [2.75, 3.05) is 13.2 Å². The van der Waals surface area contributed by atoms with Gasteiger partial charge in [0.15, 0.2) is 11.5 Å². The molecule has 0 radical (unpaired) electrons. The van der Waals surface area contributed by atoms with E-state index in [2.05, 4.69) is 4.74 Å². The van der Waals surface area contributed by atoms with E-state index in [4.69, 9.17) is 24.7 Å². The Labute approximate surface area is 206 Å². The highest BCUT2D eigenvalue weighted by atomic mass is 16.7. The van der Waals surface area contributed by atoms with Crippen LogP contribution in [-0.2, 0) is 35.0 Å². The van der Waals surface area contributed by atoms with Gasteiger partial charge in [-0.15, -0.1) is 0 Å². The lowest BCUT2D eigenvalue weighted by molar-refractivity contribution is -0.152. The van der Waals surface area contributed by atoms with E-state index in [1.807, 2.05) is 13.8 Å². The van der Waals surface area contributed by atoms with E-state index >= 15 is 0 Å². The number of carbonyl (C=O) groups is 4. The van der Waals surface area contributed by atoms with E-state index in [0.29, 0.717) is 18.4 Å². The summed E-state index contributed by atoms with van der Waals surface area (Å²) >= 11 is 0. The molecule has 1 aromatic carbocycles. The van der Waals surface area contributed by atoms with Gasteiger partial charge in [0.25, 0.3) is 0 Å². The lowest BCUT2D eigenvalue weighted by Gasteiger charge is -2.18. The SMILES string of the molecule is CCOC(=O)OC[C@H](C)OC(=O)[C@@H](N)Cc1ccc(OC(=O)C(C)CC)c(OC(=O)C(C)CC)c1. The molecular weight excluding hydrogens is 458 g/mol. The van der Waals surface area contributed by atoms with Gasteiger partial charge in [-0.3, -0.25) is 14.4 Å². The number of hydrogen-bond acceptors (Lipinski definition) is 10. The first-order chi connectivity index (χ1) is 16.5. The van der Waals surface area contributed by atoms with E-state index in [-0.39, 0.29) is 43.0 Å². The summed E-state index contributed by atoms with van der Waals surface area (Å²) in [6.45, 7) is 10.4. The number of nitrogens with two attached hydrogens (primary N) is 1. The van der Waals surface area contributed by atoms with Gasteiger partial charge in [-0.1, -0.05) is 33.8 Å². The minimum atomic E-state index is -1.04. The zero-order valence-corrected chi connectivity index (χ0v) is 21.3. The Bertz CT molecular complexity index is 870. The second-order valence-corrected chi connectivity index (χ2v) is 8.29. The van der Waals surface area contributed by atoms with E-state index < -0.39 is 36.2 Å². The Morgan fingerprint density at radius 3 is 1.94 bits per heavy atom. The van der Waals surface area contributed by atoms with Crippen molar-refractivity contribution in [1.29, 1.82) is 0 Å². The van der Waals surface area contributed by atoms with Gasteiger partial charge in [0.05, 0.1) is 18.4 Å². The van der Waals surface area contributed by atoms with Crippen LogP contribution >= 0.6 is 0 Å². The number of esters is 3. The highest BCUT2D eigenvalue weighted by molar-refractivity contribution is 5.79. The number of carbonyl (C=O) groups excluding carboxylic acids is 4. The molecule has 0 fully saturated rings. The topological polar surface area (TPSA) is 140 Å². The molecule has 0 bridgehead atoms. The van der Waals surface area contributed by atoms with Gasteiger partial charge < -0.3 is 29.4 Å². The molecule has 0 saturated heterocycles. The van der Waals surface area contributed by atoms with Crippen LogP contribution in [-0.4, -0.2) is 49.4 Å². The third-order valence-electron chi connectivity index (χ3n) is 5.23. The molecule has 4 atom stereocenters. The fraction of sp³-hybridized carbons (Fsp3) is 0.600. The maximum atomic E-state index is 12.4. The first-order valence-corrected chi connectivity index (χ1v) is 11.8. The molecule has 0 aliphatic heterocycles. The second kappa shape index (κ2) is 15.0. The minimum Gasteiger partial charge on any atom is -0.458 e. The Morgan fingerprint density at radius 1 is 0.829 bits per heavy atom. The molecule has 0 amide bonds. The quantitative estimate of drug-likeness (QED) is 0.319. The molecule has 2 N–H and O–H groups in total. The molecule has 0 aliphatic carbocycles. The molecule has 2 unspecified atom stereocenters. The highest BCUT2D eigenvalue weighted by Gasteiger charge is 2.23. The largest absolute Gasteiger partial charge is 0.508 e. The number of benzene rings is 1. The van der Waals surface area contributed by atoms with Gasteiger partial charge >= 0.3 is 24.1 Å². The van der Waals surface area contributed by atoms with Crippen LogP contribution in [0.2, 0.25) is 0 Å². The summed E-state index contributed by atoms with van der Waals surface area (Å²) in [7, 11) is 0. The minimum absolute atomic E-state index is 0.0672. The third-order valence-corrected chi connectivity index (χ3v) is 5.23. The van der Waals surface area contributed by atoms with Crippen LogP contribution in [0.3, 0.4) is 0 Å². The summed E-state index contributed by atoms with van der Waals surface area (Å²) in [6, 6.07) is 3.61. The van der Waals surface area contributed by atoms with Crippen molar-refractivity contribution in [1.82, 2.24) is 0 Å². The average Bonchev–Trinajstić information content (AvgIpc) is 2.83. The van der Waals surface area contributed by atoms with Crippen LogP contribution < -0.4 is 15.2 Å². The standard InChI is InChI=1S/C25H37NO9/c1-7-15(4)22(27)34-20-11-10-18(13-21(20)35-23(28)16(5)8-2)12-19(26)24(29)33-17(6)14-32-25(30)31-9-3/h10-11,13,15-17,19H,7-9,12,14,26H2,1-6H3/t15?,16?,17-,19-/m0/s1. The number of rotatable bonds is 13.